The van der Waals surface area contributed by atoms with Crippen molar-refractivity contribution in [2.24, 2.45) is 0 Å². The standard InChI is InChI=1S/C29H42N2O4.C3H8/c1-7-10-11-12-13-14-16-35-26-17-23(29(5,6)9-3)24(18-25(26)32)31-28(34)22-19-30-20(4)21(15-8-2)27(22)33;1-3-2/h15,17-19,30,32H,4,7-14,16H2,1-3,5-6H3,(H,31,34);3H2,1-2H3/b21-15+;. The third-order valence-electron chi connectivity index (χ3n) is 6.57. The normalized spacial score (nSPS) is 11.6. The van der Waals surface area contributed by atoms with E-state index in [1.807, 2.05) is 13.0 Å². The first kappa shape index (κ1) is 33.0. The number of anilines is 1. The Morgan fingerprint density at radius 1 is 1.08 bits per heavy atom. The van der Waals surface area contributed by atoms with E-state index >= 15 is 0 Å². The summed E-state index contributed by atoms with van der Waals surface area (Å²) in [6.45, 7) is 19.0. The van der Waals surface area contributed by atoms with Crippen LogP contribution in [-0.2, 0) is 5.41 Å². The average molecular weight is 527 g/mol. The molecule has 3 N–H and O–H groups in total. The summed E-state index contributed by atoms with van der Waals surface area (Å²) < 4.78 is 5.91. The topological polar surface area (TPSA) is 91.4 Å². The van der Waals surface area contributed by atoms with Crippen LogP contribution in [0.4, 0.5) is 5.69 Å². The van der Waals surface area contributed by atoms with Gasteiger partial charge in [0, 0.05) is 28.5 Å². The summed E-state index contributed by atoms with van der Waals surface area (Å²) in [5.41, 5.74) is 0.645. The van der Waals surface area contributed by atoms with Crippen LogP contribution in [0.15, 0.2) is 23.1 Å². The Morgan fingerprint density at radius 3 is 2.32 bits per heavy atom. The molecule has 0 atom stereocenters. The summed E-state index contributed by atoms with van der Waals surface area (Å²) in [5, 5.41) is 14.4. The zero-order chi connectivity index (χ0) is 28.7. The fourth-order valence-electron chi connectivity index (χ4n) is 3.97. The summed E-state index contributed by atoms with van der Waals surface area (Å²) in [4.78, 5) is 28.9. The maximum atomic E-state index is 13.1. The van der Waals surface area contributed by atoms with E-state index in [0.29, 0.717) is 35.0 Å². The van der Waals surface area contributed by atoms with E-state index in [2.05, 4.69) is 58.4 Å². The van der Waals surface area contributed by atoms with Gasteiger partial charge in [-0.2, -0.15) is 0 Å². The lowest BCUT2D eigenvalue weighted by molar-refractivity contribution is 0.102. The van der Waals surface area contributed by atoms with Gasteiger partial charge in [-0.05, 0) is 36.3 Å². The average Bonchev–Trinajstić information content (AvgIpc) is 2.87. The van der Waals surface area contributed by atoms with Crippen molar-refractivity contribution >= 4 is 24.2 Å². The number of unbranched alkanes of at least 4 members (excludes halogenated alkanes) is 5. The zero-order valence-corrected chi connectivity index (χ0v) is 24.8. The van der Waals surface area contributed by atoms with Crippen LogP contribution < -0.4 is 26.1 Å². The number of aromatic nitrogens is 1. The highest BCUT2D eigenvalue weighted by Crippen LogP contribution is 2.40. The molecule has 38 heavy (non-hydrogen) atoms. The maximum Gasteiger partial charge on any atom is 0.261 e. The number of ether oxygens (including phenoxy) is 1. The molecule has 1 aromatic heterocycles. The van der Waals surface area contributed by atoms with Crippen LogP contribution in [0.5, 0.6) is 11.5 Å². The number of aromatic hydroxyl groups is 1. The SMILES string of the molecule is C=c1[nH]cc(C(=O)Nc2cc(O)c(OCCCCCCCC)cc2C(C)(C)CC)c(=O)/c1=C/CC.CCC. The second-order valence-corrected chi connectivity index (χ2v) is 10.4. The fourth-order valence-corrected chi connectivity index (χ4v) is 3.97. The number of pyridine rings is 1. The van der Waals surface area contributed by atoms with E-state index in [9.17, 15) is 14.7 Å². The highest BCUT2D eigenvalue weighted by molar-refractivity contribution is 6.04. The number of aromatic amines is 1. The van der Waals surface area contributed by atoms with Crippen molar-refractivity contribution in [2.75, 3.05) is 11.9 Å². The number of carbonyl (C=O) groups is 1. The summed E-state index contributed by atoms with van der Waals surface area (Å²) in [7, 11) is 0. The molecule has 1 aromatic carbocycles. The Bertz CT molecular complexity index is 1180. The number of amides is 1. The van der Waals surface area contributed by atoms with E-state index in [4.69, 9.17) is 4.74 Å². The monoisotopic (exact) mass is 526 g/mol. The number of hydrogen-bond donors (Lipinski definition) is 3. The Hall–Kier alpha value is -3.02. The van der Waals surface area contributed by atoms with Crippen LogP contribution in [0.25, 0.3) is 12.7 Å². The van der Waals surface area contributed by atoms with Gasteiger partial charge in [0.2, 0.25) is 5.43 Å². The van der Waals surface area contributed by atoms with E-state index in [-0.39, 0.29) is 22.2 Å². The van der Waals surface area contributed by atoms with Gasteiger partial charge in [-0.15, -0.1) is 0 Å². The van der Waals surface area contributed by atoms with Crippen molar-refractivity contribution in [3.05, 3.63) is 50.2 Å². The molecule has 1 heterocycles. The van der Waals surface area contributed by atoms with Crippen molar-refractivity contribution in [1.82, 2.24) is 4.98 Å². The van der Waals surface area contributed by atoms with Crippen LogP contribution in [0.3, 0.4) is 0 Å². The number of hydrogen-bond acceptors (Lipinski definition) is 4. The van der Waals surface area contributed by atoms with E-state index in [0.717, 1.165) is 24.8 Å². The molecular weight excluding hydrogens is 476 g/mol. The lowest BCUT2D eigenvalue weighted by Gasteiger charge is -2.27. The number of benzene rings is 1. The van der Waals surface area contributed by atoms with Crippen LogP contribution >= 0.6 is 0 Å². The molecule has 6 heteroatoms. The lowest BCUT2D eigenvalue weighted by Crippen LogP contribution is -2.43. The minimum atomic E-state index is -0.537. The minimum absolute atomic E-state index is 0.000226. The predicted molar refractivity (Wildman–Crippen MR) is 161 cm³/mol. The third-order valence-corrected chi connectivity index (χ3v) is 6.57. The van der Waals surface area contributed by atoms with Crippen molar-refractivity contribution in [2.45, 2.75) is 112 Å². The van der Waals surface area contributed by atoms with Crippen molar-refractivity contribution in [3.8, 4) is 11.5 Å². The molecule has 0 fully saturated rings. The number of phenols is 1. The number of phenolic OH excluding ortho intramolecular Hbond substituents is 1. The number of carbonyl (C=O) groups excluding carboxylic acids is 1. The van der Waals surface area contributed by atoms with Gasteiger partial charge in [0.05, 0.1) is 6.61 Å². The summed E-state index contributed by atoms with van der Waals surface area (Å²) in [5.74, 6) is -0.165. The summed E-state index contributed by atoms with van der Waals surface area (Å²) >= 11 is 0. The molecule has 2 aromatic rings. The molecule has 0 spiro atoms. The predicted octanol–water partition coefficient (Wildman–Crippen LogP) is 6.78. The van der Waals surface area contributed by atoms with Crippen molar-refractivity contribution < 1.29 is 14.6 Å². The molecule has 0 unspecified atom stereocenters. The molecule has 0 aliphatic heterocycles. The smallest absolute Gasteiger partial charge is 0.261 e. The second-order valence-electron chi connectivity index (χ2n) is 10.4. The van der Waals surface area contributed by atoms with Gasteiger partial charge < -0.3 is 20.1 Å². The molecule has 212 valence electrons. The molecule has 2 rings (SSSR count). The third kappa shape index (κ3) is 9.70. The largest absolute Gasteiger partial charge is 0.504 e. The van der Waals surface area contributed by atoms with Crippen LogP contribution in [0.1, 0.15) is 122 Å². The van der Waals surface area contributed by atoms with Crippen LogP contribution in [0.2, 0.25) is 0 Å². The molecule has 0 aliphatic carbocycles. The zero-order valence-electron chi connectivity index (χ0n) is 24.8. The minimum Gasteiger partial charge on any atom is -0.504 e. The molecule has 1 amide bonds. The Balaban J connectivity index is 0.00000229. The molecule has 6 nitrogen and oxygen atoms in total. The number of nitrogens with one attached hydrogen (secondary N) is 2. The molecule has 0 saturated heterocycles. The highest BCUT2D eigenvalue weighted by Gasteiger charge is 2.26. The van der Waals surface area contributed by atoms with Gasteiger partial charge >= 0.3 is 0 Å². The van der Waals surface area contributed by atoms with E-state index in [1.165, 1.54) is 44.4 Å². The lowest BCUT2D eigenvalue weighted by atomic mass is 9.81. The first-order valence-electron chi connectivity index (χ1n) is 14.3. The van der Waals surface area contributed by atoms with E-state index in [1.54, 1.807) is 6.08 Å². The first-order valence-corrected chi connectivity index (χ1v) is 14.3. The van der Waals surface area contributed by atoms with Gasteiger partial charge in [-0.1, -0.05) is 99.6 Å². The Morgan fingerprint density at radius 2 is 1.71 bits per heavy atom. The molecule has 0 saturated carbocycles. The van der Waals surface area contributed by atoms with Gasteiger partial charge in [0.15, 0.2) is 11.5 Å². The molecule has 0 bridgehead atoms. The Kier molecular flexibility index (Phi) is 14.5. The van der Waals surface area contributed by atoms with Crippen LogP contribution in [-0.4, -0.2) is 22.6 Å². The summed E-state index contributed by atoms with van der Waals surface area (Å²) in [6.07, 6.45) is 12.8. The summed E-state index contributed by atoms with van der Waals surface area (Å²) in [6, 6.07) is 3.33. The van der Waals surface area contributed by atoms with Gasteiger partial charge in [-0.25, -0.2) is 0 Å². The maximum absolute atomic E-state index is 13.1. The Labute approximate surface area is 229 Å². The van der Waals surface area contributed by atoms with Gasteiger partial charge in [0.1, 0.15) is 5.56 Å². The number of H-pyrrole nitrogens is 1. The second kappa shape index (κ2) is 16.7. The van der Waals surface area contributed by atoms with Gasteiger partial charge in [0.25, 0.3) is 5.91 Å². The van der Waals surface area contributed by atoms with Gasteiger partial charge in [-0.3, -0.25) is 9.59 Å². The fraction of sp³-hybridized carbons (Fsp3) is 0.562. The molecule has 0 radical (unpaired) electrons. The quantitative estimate of drug-likeness (QED) is 0.251. The van der Waals surface area contributed by atoms with E-state index < -0.39 is 5.91 Å². The van der Waals surface area contributed by atoms with Crippen molar-refractivity contribution in [1.29, 1.82) is 0 Å². The first-order chi connectivity index (χ1) is 18.1. The highest BCUT2D eigenvalue weighted by atomic mass is 16.5. The number of rotatable bonds is 13. The van der Waals surface area contributed by atoms with Crippen LogP contribution in [0, 0.1) is 0 Å². The van der Waals surface area contributed by atoms with Crippen molar-refractivity contribution in [3.63, 3.8) is 0 Å². The molecular formula is C32H50N2O4. The molecule has 0 aliphatic rings.